The molecule has 0 aliphatic carbocycles. The maximum Gasteiger partial charge on any atom is 1.00 e. The molecule has 3 rings (SSSR count). The first kappa shape index (κ1) is 25.9. The molecule has 1 N–H and O–H groups in total. The Morgan fingerprint density at radius 3 is 2.35 bits per heavy atom. The van der Waals surface area contributed by atoms with Crippen LogP contribution < -0.4 is 34.9 Å². The second-order valence-corrected chi connectivity index (χ2v) is 9.36. The van der Waals surface area contributed by atoms with Crippen molar-refractivity contribution in [2.45, 2.75) is 57.3 Å². The van der Waals surface area contributed by atoms with Crippen LogP contribution in [-0.4, -0.2) is 89.2 Å². The number of fused-ring (bicyclic) bond motifs is 2. The van der Waals surface area contributed by atoms with Crippen LogP contribution in [0.4, 0.5) is 9.59 Å². The van der Waals surface area contributed by atoms with Crippen LogP contribution in [0.1, 0.15) is 33.6 Å². The van der Waals surface area contributed by atoms with E-state index in [-0.39, 0.29) is 42.1 Å². The fraction of sp³-hybridized carbons (Fsp3) is 0.706. The van der Waals surface area contributed by atoms with Crippen molar-refractivity contribution in [3.8, 4) is 0 Å². The molecule has 0 unspecified atom stereocenters. The first-order chi connectivity index (χ1) is 13.8. The SMILES string of the molecule is CC(C)(C)OC(=O)N1CCC(NC(=O)[C@@H]2C=C[C@H]3CN2C(=O)N3OS(=O)(=O)[O-])CC1.[Na+]. The van der Waals surface area contributed by atoms with Crippen molar-refractivity contribution in [1.29, 1.82) is 0 Å². The monoisotopic (exact) mass is 468 g/mol. The van der Waals surface area contributed by atoms with Crippen LogP contribution in [0, 0.1) is 0 Å². The van der Waals surface area contributed by atoms with Crippen LogP contribution >= 0.6 is 0 Å². The van der Waals surface area contributed by atoms with E-state index < -0.39 is 46.1 Å². The molecule has 3 aliphatic heterocycles. The number of amides is 4. The number of hydroxylamine groups is 2. The zero-order valence-corrected chi connectivity index (χ0v) is 20.8. The number of hydrogen-bond acceptors (Lipinski definition) is 8. The number of carbonyl (C=O) groups is 3. The number of urea groups is 1. The molecule has 2 atom stereocenters. The van der Waals surface area contributed by atoms with Gasteiger partial charge in [0.15, 0.2) is 0 Å². The molecular weight excluding hydrogens is 443 g/mol. The summed E-state index contributed by atoms with van der Waals surface area (Å²) in [6.07, 6.45) is 3.59. The van der Waals surface area contributed by atoms with Crippen LogP contribution in [0.3, 0.4) is 0 Å². The van der Waals surface area contributed by atoms with Gasteiger partial charge in [-0.3, -0.25) is 4.79 Å². The maximum atomic E-state index is 12.7. The van der Waals surface area contributed by atoms with E-state index in [2.05, 4.69) is 9.60 Å². The third-order valence-electron chi connectivity index (χ3n) is 4.90. The first-order valence-electron chi connectivity index (χ1n) is 9.56. The third kappa shape index (κ3) is 6.56. The summed E-state index contributed by atoms with van der Waals surface area (Å²) in [6, 6.07) is -2.76. The van der Waals surface area contributed by atoms with E-state index in [9.17, 15) is 27.4 Å². The Morgan fingerprint density at radius 2 is 1.81 bits per heavy atom. The number of rotatable bonds is 4. The van der Waals surface area contributed by atoms with Gasteiger partial charge < -0.3 is 24.4 Å². The molecule has 3 aliphatic rings. The number of likely N-dealkylation sites (tertiary alicyclic amines) is 1. The zero-order chi connectivity index (χ0) is 22.3. The molecule has 0 spiro atoms. The molecule has 31 heavy (non-hydrogen) atoms. The van der Waals surface area contributed by atoms with Gasteiger partial charge in [0, 0.05) is 19.1 Å². The second-order valence-electron chi connectivity index (χ2n) is 8.39. The summed E-state index contributed by atoms with van der Waals surface area (Å²) >= 11 is 0. The molecule has 0 saturated carbocycles. The van der Waals surface area contributed by atoms with Gasteiger partial charge in [-0.25, -0.2) is 18.0 Å². The second kappa shape index (κ2) is 9.63. The van der Waals surface area contributed by atoms with E-state index in [0.29, 0.717) is 31.0 Å². The summed E-state index contributed by atoms with van der Waals surface area (Å²) in [7, 11) is -5.11. The van der Waals surface area contributed by atoms with Gasteiger partial charge in [-0.1, -0.05) is 12.2 Å². The van der Waals surface area contributed by atoms with Crippen LogP contribution in [0.2, 0.25) is 0 Å². The van der Waals surface area contributed by atoms with Crippen molar-refractivity contribution in [3.05, 3.63) is 12.2 Å². The minimum atomic E-state index is -5.11. The Morgan fingerprint density at radius 1 is 1.19 bits per heavy atom. The smallest absolute Gasteiger partial charge is 0.724 e. The van der Waals surface area contributed by atoms with Crippen molar-refractivity contribution in [1.82, 2.24) is 20.2 Å². The van der Waals surface area contributed by atoms with Gasteiger partial charge in [-0.05, 0) is 33.6 Å². The average Bonchev–Trinajstić information content (AvgIpc) is 2.84. The molecule has 168 valence electrons. The number of piperidine rings is 1. The van der Waals surface area contributed by atoms with Gasteiger partial charge in [0.1, 0.15) is 11.6 Å². The third-order valence-corrected chi connectivity index (χ3v) is 5.25. The summed E-state index contributed by atoms with van der Waals surface area (Å²) < 4.78 is 42.0. The molecule has 3 heterocycles. The van der Waals surface area contributed by atoms with Gasteiger partial charge in [-0.2, -0.15) is 9.35 Å². The fourth-order valence-electron chi connectivity index (χ4n) is 3.57. The van der Waals surface area contributed by atoms with Crippen LogP contribution in [0.5, 0.6) is 0 Å². The van der Waals surface area contributed by atoms with E-state index in [1.165, 1.54) is 12.2 Å². The molecule has 0 aromatic carbocycles. The van der Waals surface area contributed by atoms with Crippen LogP contribution in [0.25, 0.3) is 0 Å². The van der Waals surface area contributed by atoms with E-state index in [1.807, 2.05) is 0 Å². The minimum absolute atomic E-state index is 0. The quantitative estimate of drug-likeness (QED) is 0.198. The molecule has 2 bridgehead atoms. The van der Waals surface area contributed by atoms with Crippen LogP contribution in [-0.2, 0) is 24.2 Å². The van der Waals surface area contributed by atoms with E-state index in [1.54, 1.807) is 25.7 Å². The normalized spacial score (nSPS) is 24.1. The molecule has 12 nitrogen and oxygen atoms in total. The average molecular weight is 468 g/mol. The van der Waals surface area contributed by atoms with Crippen molar-refractivity contribution in [2.24, 2.45) is 0 Å². The van der Waals surface area contributed by atoms with Crippen molar-refractivity contribution < 1.29 is 65.9 Å². The predicted octanol–water partition coefficient (Wildman–Crippen LogP) is -3.06. The standard InChI is InChI=1S/C17H26N4O8S.Na/c1-17(2,3)28-16(24)19-8-6-11(7-9-19)18-14(22)13-5-4-12-10-20(13)15(23)21(12)29-30(25,26)27;/h4-5,11-13H,6-10H2,1-3H3,(H,18,22)(H,25,26,27);/q;+1/p-1/t12-,13-;/m0./s1. The Balaban J connectivity index is 0.00000341. The van der Waals surface area contributed by atoms with Gasteiger partial charge >= 0.3 is 41.7 Å². The van der Waals surface area contributed by atoms with Crippen molar-refractivity contribution in [2.75, 3.05) is 19.6 Å². The van der Waals surface area contributed by atoms with E-state index >= 15 is 0 Å². The summed E-state index contributed by atoms with van der Waals surface area (Å²) in [5, 5.41) is 3.32. The molecule has 0 aromatic rings. The molecule has 0 aromatic heterocycles. The number of hydrogen-bond donors (Lipinski definition) is 1. The predicted molar refractivity (Wildman–Crippen MR) is 100 cm³/mol. The van der Waals surface area contributed by atoms with Crippen LogP contribution in [0.15, 0.2) is 12.2 Å². The number of carbonyl (C=O) groups excluding carboxylic acids is 3. The van der Waals surface area contributed by atoms with Crippen molar-refractivity contribution in [3.63, 3.8) is 0 Å². The molecule has 4 amide bonds. The number of nitrogens with one attached hydrogen (secondary N) is 1. The Kier molecular flexibility index (Phi) is 8.04. The van der Waals surface area contributed by atoms with E-state index in [0.717, 1.165) is 4.90 Å². The molecule has 2 saturated heterocycles. The van der Waals surface area contributed by atoms with E-state index in [4.69, 9.17) is 4.74 Å². The molecule has 14 heteroatoms. The van der Waals surface area contributed by atoms with Gasteiger partial charge in [-0.15, -0.1) is 0 Å². The van der Waals surface area contributed by atoms with Gasteiger partial charge in [0.25, 0.3) is 0 Å². The largest absolute Gasteiger partial charge is 1.00 e. The Hall–Kier alpha value is -1.38. The summed E-state index contributed by atoms with van der Waals surface area (Å²) in [5.74, 6) is -0.430. The minimum Gasteiger partial charge on any atom is -0.724 e. The first-order valence-corrected chi connectivity index (χ1v) is 10.9. The topological polar surface area (TPSA) is 149 Å². The number of nitrogens with zero attached hydrogens (tertiary/aromatic N) is 3. The molecule has 2 fully saturated rings. The van der Waals surface area contributed by atoms with Gasteiger partial charge in [0.05, 0.1) is 12.6 Å². The Labute approximate surface area is 203 Å². The summed E-state index contributed by atoms with van der Waals surface area (Å²) in [6.45, 7) is 6.25. The molecule has 0 radical (unpaired) electrons. The van der Waals surface area contributed by atoms with Gasteiger partial charge in [0.2, 0.25) is 16.3 Å². The molecular formula is C17H25N4NaO8S. The summed E-state index contributed by atoms with van der Waals surface area (Å²) in [4.78, 5) is 39.9. The Bertz CT molecular complexity index is 851. The number of ether oxygens (including phenoxy) is 1. The maximum absolute atomic E-state index is 12.7. The fourth-order valence-corrected chi connectivity index (χ4v) is 3.94. The van der Waals surface area contributed by atoms with Crippen molar-refractivity contribution >= 4 is 28.4 Å². The zero-order valence-electron chi connectivity index (χ0n) is 17.9. The summed E-state index contributed by atoms with van der Waals surface area (Å²) in [5.41, 5.74) is -0.585.